The van der Waals surface area contributed by atoms with Crippen molar-refractivity contribution in [2.75, 3.05) is 0 Å². The van der Waals surface area contributed by atoms with Gasteiger partial charge in [0.25, 0.3) is 0 Å². The molecular weight excluding hydrogens is 295 g/mol. The van der Waals surface area contributed by atoms with Crippen LogP contribution < -0.4 is 4.74 Å². The molecule has 1 aliphatic rings. The molecule has 1 fully saturated rings. The number of rotatable bonds is 3. The molecular formula is C16H12Cl2O2. The average Bonchev–Trinajstić information content (AvgIpc) is 3.25. The summed E-state index contributed by atoms with van der Waals surface area (Å²) in [6.45, 7) is 0. The van der Waals surface area contributed by atoms with Crippen molar-refractivity contribution in [1.82, 2.24) is 0 Å². The van der Waals surface area contributed by atoms with Gasteiger partial charge in [-0.3, -0.25) is 4.79 Å². The molecule has 0 amide bonds. The highest BCUT2D eigenvalue weighted by Gasteiger charge is 2.45. The summed E-state index contributed by atoms with van der Waals surface area (Å²) in [7, 11) is 0. The lowest BCUT2D eigenvalue weighted by Crippen LogP contribution is -2.11. The molecule has 1 saturated carbocycles. The Labute approximate surface area is 127 Å². The zero-order chi connectivity index (χ0) is 14.1. The maximum Gasteiger partial charge on any atom is 0.315 e. The highest BCUT2D eigenvalue weighted by molar-refractivity contribution is 6.43. The van der Waals surface area contributed by atoms with Gasteiger partial charge in [-0.2, -0.15) is 0 Å². The van der Waals surface area contributed by atoms with Crippen LogP contribution in [0.3, 0.4) is 0 Å². The van der Waals surface area contributed by atoms with Crippen molar-refractivity contribution in [3.8, 4) is 5.75 Å². The molecule has 4 heteroatoms. The third kappa shape index (κ3) is 2.67. The second kappa shape index (κ2) is 5.47. The third-order valence-corrected chi connectivity index (χ3v) is 4.25. The maximum absolute atomic E-state index is 12.1. The molecule has 0 bridgehead atoms. The molecule has 102 valence electrons. The number of carbonyl (C=O) groups is 1. The second-order valence-corrected chi connectivity index (χ2v) is 5.62. The van der Waals surface area contributed by atoms with Crippen molar-refractivity contribution in [1.29, 1.82) is 0 Å². The largest absolute Gasteiger partial charge is 0.425 e. The standard InChI is InChI=1S/C16H12Cl2O2/c17-13-7-4-8-14(15(13)18)20-16(19)12-9-11(12)10-5-2-1-3-6-10/h1-8,11-12H,9H2. The van der Waals surface area contributed by atoms with Gasteiger partial charge < -0.3 is 4.74 Å². The number of ether oxygens (including phenoxy) is 1. The van der Waals surface area contributed by atoms with Gasteiger partial charge >= 0.3 is 5.97 Å². The average molecular weight is 307 g/mol. The van der Waals surface area contributed by atoms with E-state index in [4.69, 9.17) is 27.9 Å². The van der Waals surface area contributed by atoms with Crippen molar-refractivity contribution >= 4 is 29.2 Å². The maximum atomic E-state index is 12.1. The molecule has 2 unspecified atom stereocenters. The number of hydrogen-bond acceptors (Lipinski definition) is 2. The van der Waals surface area contributed by atoms with E-state index in [0.29, 0.717) is 10.8 Å². The molecule has 20 heavy (non-hydrogen) atoms. The van der Waals surface area contributed by atoms with Crippen molar-refractivity contribution in [3.05, 3.63) is 64.1 Å². The monoisotopic (exact) mass is 306 g/mol. The molecule has 0 heterocycles. The zero-order valence-corrected chi connectivity index (χ0v) is 12.1. The number of hydrogen-bond donors (Lipinski definition) is 0. The summed E-state index contributed by atoms with van der Waals surface area (Å²) in [5, 5.41) is 0.659. The first kappa shape index (κ1) is 13.5. The lowest BCUT2D eigenvalue weighted by atomic mass is 10.1. The van der Waals surface area contributed by atoms with Crippen LogP contribution in [-0.4, -0.2) is 5.97 Å². The van der Waals surface area contributed by atoms with Crippen LogP contribution in [0.1, 0.15) is 17.9 Å². The van der Waals surface area contributed by atoms with Crippen LogP contribution in [-0.2, 0) is 4.79 Å². The number of carbonyl (C=O) groups excluding carboxylic acids is 1. The smallest absolute Gasteiger partial charge is 0.315 e. The van der Waals surface area contributed by atoms with E-state index in [2.05, 4.69) is 0 Å². The van der Waals surface area contributed by atoms with Crippen molar-refractivity contribution in [2.24, 2.45) is 5.92 Å². The number of halogens is 2. The van der Waals surface area contributed by atoms with Crippen LogP contribution >= 0.6 is 23.2 Å². The Bertz CT molecular complexity index is 640. The van der Waals surface area contributed by atoms with E-state index in [0.717, 1.165) is 6.42 Å². The zero-order valence-electron chi connectivity index (χ0n) is 10.6. The fourth-order valence-electron chi connectivity index (χ4n) is 2.27. The summed E-state index contributed by atoms with van der Waals surface area (Å²) in [6.07, 6.45) is 0.820. The van der Waals surface area contributed by atoms with Gasteiger partial charge in [0.15, 0.2) is 5.75 Å². The van der Waals surface area contributed by atoms with Gasteiger partial charge in [0, 0.05) is 0 Å². The van der Waals surface area contributed by atoms with E-state index in [9.17, 15) is 4.79 Å². The van der Waals surface area contributed by atoms with Crippen LogP contribution in [0.25, 0.3) is 0 Å². The molecule has 2 atom stereocenters. The number of esters is 1. The van der Waals surface area contributed by atoms with E-state index in [-0.39, 0.29) is 22.8 Å². The summed E-state index contributed by atoms with van der Waals surface area (Å²) in [5.41, 5.74) is 1.17. The van der Waals surface area contributed by atoms with Crippen LogP contribution in [0.4, 0.5) is 0 Å². The molecule has 0 radical (unpaired) electrons. The lowest BCUT2D eigenvalue weighted by molar-refractivity contribution is -0.135. The first-order valence-electron chi connectivity index (χ1n) is 6.37. The SMILES string of the molecule is O=C(Oc1cccc(Cl)c1Cl)C1CC1c1ccccc1. The predicted molar refractivity (Wildman–Crippen MR) is 79.4 cm³/mol. The number of benzene rings is 2. The minimum absolute atomic E-state index is 0.0903. The van der Waals surface area contributed by atoms with Gasteiger partial charge in [-0.25, -0.2) is 0 Å². The van der Waals surface area contributed by atoms with E-state index < -0.39 is 0 Å². The summed E-state index contributed by atoms with van der Waals surface area (Å²) >= 11 is 11.9. The molecule has 0 aliphatic heterocycles. The molecule has 0 N–H and O–H groups in total. The Hall–Kier alpha value is -1.51. The fourth-order valence-corrected chi connectivity index (χ4v) is 2.60. The summed E-state index contributed by atoms with van der Waals surface area (Å²) < 4.78 is 5.35. The summed E-state index contributed by atoms with van der Waals surface area (Å²) in [6, 6.07) is 15.0. The Morgan fingerprint density at radius 3 is 2.55 bits per heavy atom. The van der Waals surface area contributed by atoms with Crippen molar-refractivity contribution < 1.29 is 9.53 Å². The second-order valence-electron chi connectivity index (χ2n) is 4.83. The molecule has 2 nitrogen and oxygen atoms in total. The lowest BCUT2D eigenvalue weighted by Gasteiger charge is -2.07. The van der Waals surface area contributed by atoms with Gasteiger partial charge in [0.2, 0.25) is 0 Å². The highest BCUT2D eigenvalue weighted by atomic mass is 35.5. The Morgan fingerprint density at radius 1 is 1.05 bits per heavy atom. The highest BCUT2D eigenvalue weighted by Crippen LogP contribution is 2.48. The normalized spacial score (nSPS) is 20.5. The first-order chi connectivity index (χ1) is 9.66. The third-order valence-electron chi connectivity index (χ3n) is 3.45. The topological polar surface area (TPSA) is 26.3 Å². The van der Waals surface area contributed by atoms with Gasteiger partial charge in [0.05, 0.1) is 10.9 Å². The minimum Gasteiger partial charge on any atom is -0.425 e. The van der Waals surface area contributed by atoms with Gasteiger partial charge in [0.1, 0.15) is 5.02 Å². The van der Waals surface area contributed by atoms with E-state index >= 15 is 0 Å². The van der Waals surface area contributed by atoms with Crippen molar-refractivity contribution in [3.63, 3.8) is 0 Å². The van der Waals surface area contributed by atoms with Crippen LogP contribution in [0, 0.1) is 5.92 Å². The van der Waals surface area contributed by atoms with Gasteiger partial charge in [-0.1, -0.05) is 59.6 Å². The minimum atomic E-state index is -0.247. The fraction of sp³-hybridized carbons (Fsp3) is 0.188. The Balaban J connectivity index is 1.69. The molecule has 0 spiro atoms. The Kier molecular flexibility index (Phi) is 3.68. The summed E-state index contributed by atoms with van der Waals surface area (Å²) in [5.74, 6) is 0.236. The predicted octanol–water partition coefficient (Wildman–Crippen LogP) is 4.70. The van der Waals surface area contributed by atoms with Gasteiger partial charge in [-0.15, -0.1) is 0 Å². The Morgan fingerprint density at radius 2 is 1.80 bits per heavy atom. The molecule has 3 rings (SSSR count). The first-order valence-corrected chi connectivity index (χ1v) is 7.13. The van der Waals surface area contributed by atoms with Crippen LogP contribution in [0.15, 0.2) is 48.5 Å². The molecule has 2 aromatic carbocycles. The molecule has 0 aromatic heterocycles. The van der Waals surface area contributed by atoms with E-state index in [1.165, 1.54) is 5.56 Å². The van der Waals surface area contributed by atoms with Gasteiger partial charge in [-0.05, 0) is 30.0 Å². The van der Waals surface area contributed by atoms with Crippen LogP contribution in [0.5, 0.6) is 5.75 Å². The van der Waals surface area contributed by atoms with E-state index in [1.54, 1.807) is 18.2 Å². The van der Waals surface area contributed by atoms with Crippen LogP contribution in [0.2, 0.25) is 10.0 Å². The molecule has 1 aliphatic carbocycles. The van der Waals surface area contributed by atoms with Crippen molar-refractivity contribution in [2.45, 2.75) is 12.3 Å². The molecule has 0 saturated heterocycles. The van der Waals surface area contributed by atoms with E-state index in [1.807, 2.05) is 30.3 Å². The molecule has 2 aromatic rings. The quantitative estimate of drug-likeness (QED) is 0.607. The summed E-state index contributed by atoms with van der Waals surface area (Å²) in [4.78, 5) is 12.1.